The highest BCUT2D eigenvalue weighted by Crippen LogP contribution is 2.29. The van der Waals surface area contributed by atoms with Gasteiger partial charge in [0.2, 0.25) is 5.91 Å². The number of aryl methyl sites for hydroxylation is 2. The number of carbonyl (C=O) groups excluding carboxylic acids is 1. The van der Waals surface area contributed by atoms with Crippen molar-refractivity contribution in [3.05, 3.63) is 93.5 Å². The fourth-order valence-electron chi connectivity index (χ4n) is 3.44. The van der Waals surface area contributed by atoms with E-state index < -0.39 is 10.0 Å². The average molecular weight is 552 g/mol. The van der Waals surface area contributed by atoms with Crippen LogP contribution in [0.1, 0.15) is 23.1 Å². The highest BCUT2D eigenvalue weighted by molar-refractivity contribution is 7.98. The molecule has 3 aromatic rings. The van der Waals surface area contributed by atoms with Gasteiger partial charge in [-0.15, -0.1) is 0 Å². The zero-order valence-corrected chi connectivity index (χ0v) is 22.8. The Morgan fingerprint density at radius 2 is 1.69 bits per heavy atom. The van der Waals surface area contributed by atoms with Crippen molar-refractivity contribution in [2.24, 2.45) is 0 Å². The van der Waals surface area contributed by atoms with E-state index in [4.69, 9.17) is 23.2 Å². The van der Waals surface area contributed by atoms with Crippen LogP contribution in [0.2, 0.25) is 10.0 Å². The monoisotopic (exact) mass is 550 g/mol. The highest BCUT2D eigenvalue weighted by Gasteiger charge is 2.28. The van der Waals surface area contributed by atoms with E-state index in [0.717, 1.165) is 38.4 Å². The summed E-state index contributed by atoms with van der Waals surface area (Å²) in [7, 11) is -3.96. The number of halogens is 2. The summed E-state index contributed by atoms with van der Waals surface area (Å²) in [5.41, 5.74) is 3.19. The Morgan fingerprint density at radius 1 is 0.971 bits per heavy atom. The third kappa shape index (κ3) is 7.90. The van der Waals surface area contributed by atoms with Gasteiger partial charge < -0.3 is 5.32 Å². The molecular formula is C26H28Cl2N2O3S2. The third-order valence-electron chi connectivity index (χ3n) is 5.27. The number of carbonyl (C=O) groups is 1. The summed E-state index contributed by atoms with van der Waals surface area (Å²) in [5, 5.41) is 4.07. The van der Waals surface area contributed by atoms with Crippen molar-refractivity contribution < 1.29 is 13.2 Å². The molecule has 186 valence electrons. The summed E-state index contributed by atoms with van der Waals surface area (Å²) < 4.78 is 28.1. The number of hydrogen-bond donors (Lipinski definition) is 1. The van der Waals surface area contributed by atoms with Gasteiger partial charge in [0.05, 0.1) is 10.6 Å². The molecule has 0 aliphatic heterocycles. The van der Waals surface area contributed by atoms with Gasteiger partial charge in [-0.2, -0.15) is 11.8 Å². The minimum absolute atomic E-state index is 0.127. The van der Waals surface area contributed by atoms with Crippen LogP contribution in [0.5, 0.6) is 0 Å². The van der Waals surface area contributed by atoms with Crippen molar-refractivity contribution in [3.63, 3.8) is 0 Å². The number of amides is 1. The molecule has 0 aliphatic carbocycles. The van der Waals surface area contributed by atoms with E-state index in [2.05, 4.69) is 5.32 Å². The first-order valence-electron chi connectivity index (χ1n) is 11.1. The molecule has 0 unspecified atom stereocenters. The lowest BCUT2D eigenvalue weighted by Gasteiger charge is -2.26. The molecule has 5 nitrogen and oxygen atoms in total. The fourth-order valence-corrected chi connectivity index (χ4v) is 6.27. The lowest BCUT2D eigenvalue weighted by Crippen LogP contribution is -2.41. The topological polar surface area (TPSA) is 66.5 Å². The Balaban J connectivity index is 1.62. The summed E-state index contributed by atoms with van der Waals surface area (Å²) >= 11 is 13.8. The maximum atomic E-state index is 13.5. The molecule has 9 heteroatoms. The SMILES string of the molecule is Cc1ccc(S(=O)(=O)N(CC(=O)NCCCSCc2cccc(Cl)c2)c2ccc(Cl)cc2C)cc1. The van der Waals surface area contributed by atoms with E-state index in [0.29, 0.717) is 22.8 Å². The Kier molecular flexibility index (Phi) is 9.92. The van der Waals surface area contributed by atoms with E-state index in [1.165, 1.54) is 0 Å². The van der Waals surface area contributed by atoms with Crippen molar-refractivity contribution in [2.75, 3.05) is 23.1 Å². The Labute approximate surface area is 221 Å². The molecule has 3 aromatic carbocycles. The van der Waals surface area contributed by atoms with Gasteiger partial charge in [0.15, 0.2) is 0 Å². The van der Waals surface area contributed by atoms with Crippen LogP contribution in [0.4, 0.5) is 5.69 Å². The van der Waals surface area contributed by atoms with Crippen LogP contribution in [-0.2, 0) is 20.6 Å². The number of hydrogen-bond acceptors (Lipinski definition) is 4. The number of benzene rings is 3. The van der Waals surface area contributed by atoms with Crippen LogP contribution < -0.4 is 9.62 Å². The Hall–Kier alpha value is -2.19. The van der Waals surface area contributed by atoms with E-state index in [-0.39, 0.29) is 17.3 Å². The summed E-state index contributed by atoms with van der Waals surface area (Å²) in [6.45, 7) is 3.79. The predicted molar refractivity (Wildman–Crippen MR) is 147 cm³/mol. The van der Waals surface area contributed by atoms with Crippen molar-refractivity contribution in [2.45, 2.75) is 30.9 Å². The molecule has 0 saturated heterocycles. The quantitative estimate of drug-likeness (QED) is 0.287. The molecule has 0 heterocycles. The maximum absolute atomic E-state index is 13.5. The standard InChI is InChI=1S/C26H28Cl2N2O3S2/c1-19-7-10-24(11-8-19)35(32,33)30(25-12-9-23(28)15-20(25)2)17-26(31)29-13-4-14-34-18-21-5-3-6-22(27)16-21/h3,5-12,15-16H,4,13-14,17-18H2,1-2H3,(H,29,31). The summed E-state index contributed by atoms with van der Waals surface area (Å²) in [4.78, 5) is 12.9. The molecule has 3 rings (SSSR count). The molecular weight excluding hydrogens is 523 g/mol. The summed E-state index contributed by atoms with van der Waals surface area (Å²) in [5.74, 6) is 1.33. The molecule has 0 radical (unpaired) electrons. The smallest absolute Gasteiger partial charge is 0.264 e. The largest absolute Gasteiger partial charge is 0.354 e. The molecule has 0 atom stereocenters. The molecule has 0 aromatic heterocycles. The van der Waals surface area contributed by atoms with Gasteiger partial charge in [0.1, 0.15) is 6.54 Å². The van der Waals surface area contributed by atoms with E-state index in [1.807, 2.05) is 31.2 Å². The van der Waals surface area contributed by atoms with E-state index in [9.17, 15) is 13.2 Å². The van der Waals surface area contributed by atoms with Gasteiger partial charge in [-0.25, -0.2) is 8.42 Å². The molecule has 0 aliphatic rings. The van der Waals surface area contributed by atoms with E-state index >= 15 is 0 Å². The van der Waals surface area contributed by atoms with Gasteiger partial charge in [-0.1, -0.05) is 53.0 Å². The molecule has 1 amide bonds. The Morgan fingerprint density at radius 3 is 2.37 bits per heavy atom. The number of sulfonamides is 1. The minimum Gasteiger partial charge on any atom is -0.354 e. The number of nitrogens with zero attached hydrogens (tertiary/aromatic N) is 1. The second-order valence-electron chi connectivity index (χ2n) is 8.14. The first-order chi connectivity index (χ1) is 16.7. The van der Waals surface area contributed by atoms with Crippen LogP contribution in [0, 0.1) is 13.8 Å². The lowest BCUT2D eigenvalue weighted by molar-refractivity contribution is -0.119. The molecule has 0 saturated carbocycles. The van der Waals surface area contributed by atoms with Crippen molar-refractivity contribution in [3.8, 4) is 0 Å². The van der Waals surface area contributed by atoms with Crippen molar-refractivity contribution >= 4 is 56.6 Å². The zero-order chi connectivity index (χ0) is 25.4. The maximum Gasteiger partial charge on any atom is 0.264 e. The number of nitrogens with one attached hydrogen (secondary N) is 1. The van der Waals surface area contributed by atoms with Gasteiger partial charge in [0, 0.05) is 22.3 Å². The van der Waals surface area contributed by atoms with Crippen LogP contribution in [0.15, 0.2) is 71.6 Å². The van der Waals surface area contributed by atoms with Crippen LogP contribution >= 0.6 is 35.0 Å². The van der Waals surface area contributed by atoms with Crippen LogP contribution in [0.25, 0.3) is 0 Å². The number of anilines is 1. The predicted octanol–water partition coefficient (Wildman–Crippen LogP) is 6.25. The van der Waals surface area contributed by atoms with Crippen molar-refractivity contribution in [1.29, 1.82) is 0 Å². The summed E-state index contributed by atoms with van der Waals surface area (Å²) in [6, 6.07) is 19.3. The second-order valence-corrected chi connectivity index (χ2v) is 12.0. The molecule has 0 spiro atoms. The van der Waals surface area contributed by atoms with E-state index in [1.54, 1.807) is 61.2 Å². The zero-order valence-electron chi connectivity index (χ0n) is 19.6. The lowest BCUT2D eigenvalue weighted by atomic mass is 10.2. The molecule has 0 fully saturated rings. The number of thioether (sulfide) groups is 1. The second kappa shape index (κ2) is 12.7. The first kappa shape index (κ1) is 27.4. The van der Waals surface area contributed by atoms with Crippen LogP contribution in [0.3, 0.4) is 0 Å². The minimum atomic E-state index is -3.96. The first-order valence-corrected chi connectivity index (χ1v) is 14.5. The van der Waals surface area contributed by atoms with Crippen molar-refractivity contribution in [1.82, 2.24) is 5.32 Å². The van der Waals surface area contributed by atoms with Crippen LogP contribution in [-0.4, -0.2) is 33.2 Å². The number of rotatable bonds is 11. The van der Waals surface area contributed by atoms with Gasteiger partial charge in [0.25, 0.3) is 10.0 Å². The normalized spacial score (nSPS) is 11.3. The van der Waals surface area contributed by atoms with Gasteiger partial charge in [-0.3, -0.25) is 9.10 Å². The third-order valence-corrected chi connectivity index (χ3v) is 8.63. The van der Waals surface area contributed by atoms with Gasteiger partial charge >= 0.3 is 0 Å². The fraction of sp³-hybridized carbons (Fsp3) is 0.269. The highest BCUT2D eigenvalue weighted by atomic mass is 35.5. The molecule has 0 bridgehead atoms. The molecule has 35 heavy (non-hydrogen) atoms. The average Bonchev–Trinajstić information content (AvgIpc) is 2.80. The van der Waals surface area contributed by atoms with Gasteiger partial charge in [-0.05, 0) is 79.6 Å². The Bertz CT molecular complexity index is 1270. The summed E-state index contributed by atoms with van der Waals surface area (Å²) in [6.07, 6.45) is 0.766. The molecule has 1 N–H and O–H groups in total.